The average Bonchev–Trinajstić information content (AvgIpc) is 3.29. The number of ether oxygens (including phenoxy) is 1. The maximum Gasteiger partial charge on any atom is 0.209 e. The minimum atomic E-state index is -0.0295. The number of carbonyl (C=O) groups is 1. The van der Waals surface area contributed by atoms with Crippen molar-refractivity contribution in [3.63, 3.8) is 0 Å². The second kappa shape index (κ2) is 8.68. The van der Waals surface area contributed by atoms with Crippen molar-refractivity contribution in [3.05, 3.63) is 64.1 Å². The molecule has 0 spiro atoms. The molecule has 26 heavy (non-hydrogen) atoms. The van der Waals surface area contributed by atoms with Gasteiger partial charge in [0.05, 0.1) is 6.61 Å². The van der Waals surface area contributed by atoms with Crippen molar-refractivity contribution >= 4 is 35.0 Å². The number of nitrogen functional groups attached to an aromatic ring is 1. The van der Waals surface area contributed by atoms with Crippen LogP contribution in [0.2, 0.25) is 0 Å². The van der Waals surface area contributed by atoms with Gasteiger partial charge in [-0.15, -0.1) is 21.5 Å². The molecular formula is C18H18N4O2S2. The summed E-state index contributed by atoms with van der Waals surface area (Å²) in [6.45, 7) is 2.30. The Bertz CT molecular complexity index is 887. The maximum atomic E-state index is 12.1. The first-order valence-electron chi connectivity index (χ1n) is 7.92. The molecule has 0 fully saturated rings. The van der Waals surface area contributed by atoms with Crippen LogP contribution < -0.4 is 10.6 Å². The second-order valence-corrected chi connectivity index (χ2v) is 7.38. The largest absolute Gasteiger partial charge is 0.493 e. The smallest absolute Gasteiger partial charge is 0.209 e. The summed E-state index contributed by atoms with van der Waals surface area (Å²) < 4.78 is 7.13. The first-order valence-corrected chi connectivity index (χ1v) is 9.78. The van der Waals surface area contributed by atoms with Crippen molar-refractivity contribution in [2.24, 2.45) is 0 Å². The van der Waals surface area contributed by atoms with Crippen LogP contribution in [0, 0.1) is 6.92 Å². The van der Waals surface area contributed by atoms with Crippen molar-refractivity contribution in [2.45, 2.75) is 12.1 Å². The number of hydrogen-bond acceptors (Lipinski definition) is 7. The van der Waals surface area contributed by atoms with Gasteiger partial charge in [0, 0.05) is 16.2 Å². The van der Waals surface area contributed by atoms with Crippen LogP contribution in [0.15, 0.2) is 53.0 Å². The van der Waals surface area contributed by atoms with Gasteiger partial charge in [-0.05, 0) is 54.8 Å². The molecule has 0 aliphatic heterocycles. The zero-order valence-corrected chi connectivity index (χ0v) is 15.8. The topological polar surface area (TPSA) is 83.0 Å². The van der Waals surface area contributed by atoms with Crippen molar-refractivity contribution in [3.8, 4) is 5.75 Å². The van der Waals surface area contributed by atoms with Crippen LogP contribution >= 0.6 is 23.1 Å². The summed E-state index contributed by atoms with van der Waals surface area (Å²) in [4.78, 5) is 13.2. The number of hydrogen-bond donors (Lipinski definition) is 1. The molecule has 0 radical (unpaired) electrons. The Morgan fingerprint density at radius 3 is 2.77 bits per heavy atom. The molecule has 0 amide bonds. The summed E-state index contributed by atoms with van der Waals surface area (Å²) >= 11 is 3.07. The lowest BCUT2D eigenvalue weighted by molar-refractivity contribution is 0.104. The molecule has 134 valence electrons. The molecule has 0 aliphatic rings. The van der Waals surface area contributed by atoms with Gasteiger partial charge in [0.2, 0.25) is 5.16 Å². The first kappa shape index (κ1) is 18.2. The number of carbonyl (C=O) groups excluding carboxylic acids is 1. The van der Waals surface area contributed by atoms with Crippen molar-refractivity contribution < 1.29 is 9.53 Å². The van der Waals surface area contributed by atoms with E-state index in [0.29, 0.717) is 28.9 Å². The third-order valence-electron chi connectivity index (χ3n) is 3.50. The number of rotatable bonds is 8. The van der Waals surface area contributed by atoms with Gasteiger partial charge in [-0.1, -0.05) is 17.8 Å². The number of thiophene rings is 1. The summed E-state index contributed by atoms with van der Waals surface area (Å²) in [6, 6.07) is 11.1. The van der Waals surface area contributed by atoms with Crippen LogP contribution in [0.5, 0.6) is 5.75 Å². The Hall–Kier alpha value is -2.58. The van der Waals surface area contributed by atoms with Crippen LogP contribution in [0.1, 0.15) is 21.1 Å². The van der Waals surface area contributed by atoms with Gasteiger partial charge in [0.15, 0.2) is 5.78 Å². The molecular weight excluding hydrogens is 368 g/mol. The molecule has 0 saturated carbocycles. The van der Waals surface area contributed by atoms with Crippen LogP contribution in [-0.2, 0) is 0 Å². The van der Waals surface area contributed by atoms with E-state index in [9.17, 15) is 4.79 Å². The number of benzene rings is 1. The van der Waals surface area contributed by atoms with E-state index in [-0.39, 0.29) is 5.78 Å². The molecule has 0 bridgehead atoms. The molecule has 0 aliphatic carbocycles. The van der Waals surface area contributed by atoms with Crippen molar-refractivity contribution in [1.82, 2.24) is 14.9 Å². The van der Waals surface area contributed by atoms with E-state index in [1.165, 1.54) is 16.4 Å². The fourth-order valence-corrected chi connectivity index (χ4v) is 3.43. The monoisotopic (exact) mass is 386 g/mol. The van der Waals surface area contributed by atoms with Gasteiger partial charge in [-0.3, -0.25) is 4.79 Å². The van der Waals surface area contributed by atoms with Gasteiger partial charge >= 0.3 is 0 Å². The van der Waals surface area contributed by atoms with Gasteiger partial charge in [-0.2, -0.15) is 0 Å². The van der Waals surface area contributed by atoms with E-state index in [2.05, 4.69) is 10.2 Å². The third kappa shape index (κ3) is 4.74. The Balaban J connectivity index is 1.46. The number of aryl methyl sites for hydroxylation is 1. The minimum Gasteiger partial charge on any atom is -0.493 e. The second-order valence-electron chi connectivity index (χ2n) is 5.33. The van der Waals surface area contributed by atoms with E-state index in [4.69, 9.17) is 10.6 Å². The highest BCUT2D eigenvalue weighted by Crippen LogP contribution is 2.17. The molecule has 6 nitrogen and oxygen atoms in total. The average molecular weight is 387 g/mol. The zero-order valence-electron chi connectivity index (χ0n) is 14.2. The van der Waals surface area contributed by atoms with Crippen LogP contribution in [0.25, 0.3) is 6.08 Å². The molecule has 2 aromatic heterocycles. The SMILES string of the molecule is Cc1nnc(SCCOc2ccc(C(=O)C=Cc3cccs3)cc2)n1N. The molecule has 2 N–H and O–H groups in total. The fourth-order valence-electron chi connectivity index (χ4n) is 2.10. The number of thioether (sulfide) groups is 1. The molecule has 0 unspecified atom stereocenters. The third-order valence-corrected chi connectivity index (χ3v) is 5.24. The highest BCUT2D eigenvalue weighted by molar-refractivity contribution is 7.99. The summed E-state index contributed by atoms with van der Waals surface area (Å²) in [7, 11) is 0. The summed E-state index contributed by atoms with van der Waals surface area (Å²) in [5.41, 5.74) is 0.631. The quantitative estimate of drug-likeness (QED) is 0.210. The first-order chi connectivity index (χ1) is 12.6. The molecule has 0 saturated heterocycles. The highest BCUT2D eigenvalue weighted by atomic mass is 32.2. The maximum absolute atomic E-state index is 12.1. The Kier molecular flexibility index (Phi) is 6.08. The molecule has 8 heteroatoms. The molecule has 1 aromatic carbocycles. The lowest BCUT2D eigenvalue weighted by Gasteiger charge is -2.06. The summed E-state index contributed by atoms with van der Waals surface area (Å²) in [5.74, 6) is 7.84. The Labute approximate surface area is 159 Å². The van der Waals surface area contributed by atoms with Gasteiger partial charge < -0.3 is 10.6 Å². The Morgan fingerprint density at radius 2 is 2.12 bits per heavy atom. The van der Waals surface area contributed by atoms with Crippen LogP contribution in [-0.4, -0.2) is 33.0 Å². The molecule has 3 rings (SSSR count). The number of aromatic nitrogens is 3. The van der Waals surface area contributed by atoms with E-state index in [1.54, 1.807) is 48.6 Å². The number of ketones is 1. The lowest BCUT2D eigenvalue weighted by Crippen LogP contribution is -2.12. The zero-order chi connectivity index (χ0) is 18.4. The highest BCUT2D eigenvalue weighted by Gasteiger charge is 2.06. The van der Waals surface area contributed by atoms with Gasteiger partial charge in [0.1, 0.15) is 11.6 Å². The Morgan fingerprint density at radius 1 is 1.31 bits per heavy atom. The van der Waals surface area contributed by atoms with Crippen LogP contribution in [0.3, 0.4) is 0 Å². The van der Waals surface area contributed by atoms with Crippen LogP contribution in [0.4, 0.5) is 0 Å². The van der Waals surface area contributed by atoms with E-state index in [1.807, 2.05) is 23.6 Å². The molecule has 0 atom stereocenters. The summed E-state index contributed by atoms with van der Waals surface area (Å²) in [5, 5.41) is 10.5. The fraction of sp³-hybridized carbons (Fsp3) is 0.167. The standard InChI is InChI=1S/C18H18N4O2S2/c1-13-20-21-18(22(13)19)26-12-10-24-15-6-4-14(5-7-15)17(23)9-8-16-3-2-11-25-16/h2-9,11H,10,12,19H2,1H3. The van der Waals surface area contributed by atoms with E-state index < -0.39 is 0 Å². The predicted octanol–water partition coefficient (Wildman–Crippen LogP) is 3.43. The predicted molar refractivity (Wildman–Crippen MR) is 105 cm³/mol. The van der Waals surface area contributed by atoms with Crippen molar-refractivity contribution in [1.29, 1.82) is 0 Å². The van der Waals surface area contributed by atoms with Gasteiger partial charge in [-0.25, -0.2) is 4.68 Å². The number of nitrogens with two attached hydrogens (primary N) is 1. The summed E-state index contributed by atoms with van der Waals surface area (Å²) in [6.07, 6.45) is 3.41. The van der Waals surface area contributed by atoms with Crippen molar-refractivity contribution in [2.75, 3.05) is 18.2 Å². The molecule has 3 aromatic rings. The number of allylic oxidation sites excluding steroid dienone is 1. The normalized spacial score (nSPS) is 11.1. The lowest BCUT2D eigenvalue weighted by atomic mass is 10.1. The van der Waals surface area contributed by atoms with E-state index >= 15 is 0 Å². The van der Waals surface area contributed by atoms with Gasteiger partial charge in [0.25, 0.3) is 0 Å². The minimum absolute atomic E-state index is 0.0295. The molecule has 2 heterocycles. The number of nitrogens with zero attached hydrogens (tertiary/aromatic N) is 3. The van der Waals surface area contributed by atoms with E-state index in [0.717, 1.165) is 10.6 Å².